The van der Waals surface area contributed by atoms with Crippen LogP contribution in [0.3, 0.4) is 0 Å². The number of rotatable bonds is 4. The van der Waals surface area contributed by atoms with Crippen molar-refractivity contribution in [1.82, 2.24) is 4.90 Å². The largest absolute Gasteiger partial charge is 0.497 e. The van der Waals surface area contributed by atoms with Crippen LogP contribution in [0.2, 0.25) is 0 Å². The molecule has 140 valence electrons. The average Bonchev–Trinajstić information content (AvgIpc) is 2.73. The molecule has 0 spiro atoms. The summed E-state index contributed by atoms with van der Waals surface area (Å²) in [7, 11) is 1.72. The van der Waals surface area contributed by atoms with E-state index in [0.717, 1.165) is 37.1 Å². The van der Waals surface area contributed by atoms with Crippen molar-refractivity contribution in [3.63, 3.8) is 0 Å². The van der Waals surface area contributed by atoms with Crippen molar-refractivity contribution in [2.24, 2.45) is 0 Å². The number of amides is 1. The quantitative estimate of drug-likeness (QED) is 0.731. The van der Waals surface area contributed by atoms with Crippen LogP contribution < -0.4 is 4.74 Å². The molecule has 1 saturated carbocycles. The summed E-state index contributed by atoms with van der Waals surface area (Å²) in [5.74, 6) is 1.07. The Balaban J connectivity index is 1.50. The van der Waals surface area contributed by atoms with Crippen LogP contribution in [-0.4, -0.2) is 30.5 Å². The van der Waals surface area contributed by atoms with Crippen LogP contribution in [0.25, 0.3) is 6.08 Å². The first-order chi connectivity index (χ1) is 13.2. The van der Waals surface area contributed by atoms with Gasteiger partial charge in [0, 0.05) is 18.7 Å². The van der Waals surface area contributed by atoms with E-state index in [1.165, 1.54) is 18.4 Å². The second kappa shape index (κ2) is 7.59. The predicted octanol–water partition coefficient (Wildman–Crippen LogP) is 4.82. The van der Waals surface area contributed by atoms with Crippen molar-refractivity contribution in [3.05, 3.63) is 71.8 Å². The molecule has 2 aromatic carbocycles. The van der Waals surface area contributed by atoms with Gasteiger partial charge in [0.15, 0.2) is 0 Å². The molecule has 2 bridgehead atoms. The molecule has 1 saturated heterocycles. The van der Waals surface area contributed by atoms with Crippen LogP contribution in [-0.2, 0) is 10.2 Å². The van der Waals surface area contributed by atoms with Crippen LogP contribution in [0, 0.1) is 0 Å². The Hall–Kier alpha value is -2.55. The maximum absolute atomic E-state index is 12.8. The summed E-state index contributed by atoms with van der Waals surface area (Å²) >= 11 is 0. The highest BCUT2D eigenvalue weighted by molar-refractivity contribution is 5.92. The van der Waals surface area contributed by atoms with Gasteiger partial charge in [-0.2, -0.15) is 0 Å². The second-order valence-electron chi connectivity index (χ2n) is 7.79. The van der Waals surface area contributed by atoms with Gasteiger partial charge < -0.3 is 9.64 Å². The summed E-state index contributed by atoms with van der Waals surface area (Å²) in [4.78, 5) is 14.9. The SMILES string of the molecule is COc1cccc([C@@]23CCC[C@@H](C2)N(C(=O)/C=C\c2ccccc2)CC3)c1. The molecule has 1 heterocycles. The van der Waals surface area contributed by atoms with Crippen LogP contribution in [0.15, 0.2) is 60.7 Å². The molecule has 2 fully saturated rings. The Labute approximate surface area is 161 Å². The van der Waals surface area contributed by atoms with Gasteiger partial charge in [-0.05, 0) is 60.4 Å². The minimum Gasteiger partial charge on any atom is -0.497 e. The fourth-order valence-electron chi connectivity index (χ4n) is 4.82. The molecule has 1 aliphatic carbocycles. The van der Waals surface area contributed by atoms with Crippen molar-refractivity contribution < 1.29 is 9.53 Å². The summed E-state index contributed by atoms with van der Waals surface area (Å²) in [6.07, 6.45) is 9.24. The van der Waals surface area contributed by atoms with Gasteiger partial charge in [0.25, 0.3) is 0 Å². The van der Waals surface area contributed by atoms with Crippen molar-refractivity contribution in [1.29, 1.82) is 0 Å². The van der Waals surface area contributed by atoms with Crippen LogP contribution in [0.1, 0.15) is 43.2 Å². The van der Waals surface area contributed by atoms with Crippen molar-refractivity contribution in [3.8, 4) is 5.75 Å². The maximum Gasteiger partial charge on any atom is 0.246 e. The van der Waals surface area contributed by atoms with E-state index >= 15 is 0 Å². The summed E-state index contributed by atoms with van der Waals surface area (Å²) in [5.41, 5.74) is 2.63. The van der Waals surface area contributed by atoms with Crippen molar-refractivity contribution in [2.45, 2.75) is 43.6 Å². The summed E-state index contributed by atoms with van der Waals surface area (Å²) in [6.45, 7) is 0.833. The zero-order valence-electron chi connectivity index (χ0n) is 15.9. The highest BCUT2D eigenvalue weighted by atomic mass is 16.5. The number of carbonyl (C=O) groups excluding carboxylic acids is 1. The molecule has 2 atom stereocenters. The van der Waals surface area contributed by atoms with Crippen LogP contribution >= 0.6 is 0 Å². The molecule has 0 N–H and O–H groups in total. The van der Waals surface area contributed by atoms with Crippen molar-refractivity contribution in [2.75, 3.05) is 13.7 Å². The number of carbonyl (C=O) groups is 1. The van der Waals surface area contributed by atoms with E-state index in [2.05, 4.69) is 23.1 Å². The van der Waals surface area contributed by atoms with E-state index in [1.54, 1.807) is 13.2 Å². The molecular weight excluding hydrogens is 334 g/mol. The zero-order chi connectivity index (χ0) is 18.7. The van der Waals surface area contributed by atoms with E-state index in [9.17, 15) is 4.79 Å². The number of hydrogen-bond acceptors (Lipinski definition) is 2. The summed E-state index contributed by atoms with van der Waals surface area (Å²) in [5, 5.41) is 0. The third-order valence-corrected chi connectivity index (χ3v) is 6.27. The lowest BCUT2D eigenvalue weighted by Crippen LogP contribution is -2.53. The maximum atomic E-state index is 12.8. The standard InChI is InChI=1S/C24H27NO2/c1-27-22-11-5-9-20(17-22)24-14-6-10-21(18-24)25(16-15-24)23(26)13-12-19-7-3-2-4-8-19/h2-5,7-9,11-13,17,21H,6,10,14-16,18H2,1H3/b13-12-/t21-,24+/m0/s1. The third-order valence-electron chi connectivity index (χ3n) is 6.27. The van der Waals surface area contributed by atoms with E-state index in [1.807, 2.05) is 42.5 Å². The first kappa shape index (κ1) is 17.8. The van der Waals surface area contributed by atoms with Gasteiger partial charge in [0.1, 0.15) is 5.75 Å². The van der Waals surface area contributed by atoms with E-state index in [4.69, 9.17) is 4.74 Å². The highest BCUT2D eigenvalue weighted by Gasteiger charge is 2.44. The monoisotopic (exact) mass is 361 g/mol. The number of benzene rings is 2. The Bertz CT molecular complexity index is 829. The van der Waals surface area contributed by atoms with E-state index in [-0.39, 0.29) is 11.3 Å². The predicted molar refractivity (Wildman–Crippen MR) is 109 cm³/mol. The number of nitrogens with zero attached hydrogens (tertiary/aromatic N) is 1. The van der Waals surface area contributed by atoms with Crippen LogP contribution in [0.5, 0.6) is 5.75 Å². The number of methoxy groups -OCH3 is 1. The lowest BCUT2D eigenvalue weighted by atomic mass is 9.63. The minimum atomic E-state index is 0.144. The van der Waals surface area contributed by atoms with Gasteiger partial charge in [-0.3, -0.25) is 4.79 Å². The topological polar surface area (TPSA) is 29.5 Å². The lowest BCUT2D eigenvalue weighted by Gasteiger charge is -2.50. The molecule has 0 unspecified atom stereocenters. The van der Waals surface area contributed by atoms with Gasteiger partial charge in [0.2, 0.25) is 5.91 Å². The molecule has 4 rings (SSSR count). The molecule has 3 nitrogen and oxygen atoms in total. The lowest BCUT2D eigenvalue weighted by molar-refractivity contribution is -0.131. The molecule has 27 heavy (non-hydrogen) atoms. The molecule has 2 aliphatic rings. The molecule has 1 aliphatic heterocycles. The first-order valence-corrected chi connectivity index (χ1v) is 9.88. The Kier molecular flexibility index (Phi) is 5.02. The Morgan fingerprint density at radius 2 is 2.00 bits per heavy atom. The van der Waals surface area contributed by atoms with Gasteiger partial charge >= 0.3 is 0 Å². The van der Waals surface area contributed by atoms with Gasteiger partial charge in [-0.25, -0.2) is 0 Å². The fraction of sp³-hybridized carbons (Fsp3) is 0.375. The van der Waals surface area contributed by atoms with Gasteiger partial charge in [-0.15, -0.1) is 0 Å². The summed E-state index contributed by atoms with van der Waals surface area (Å²) < 4.78 is 5.44. The van der Waals surface area contributed by atoms with Gasteiger partial charge in [-0.1, -0.05) is 48.9 Å². The van der Waals surface area contributed by atoms with Gasteiger partial charge in [0.05, 0.1) is 7.11 Å². The fourth-order valence-corrected chi connectivity index (χ4v) is 4.82. The van der Waals surface area contributed by atoms with Crippen molar-refractivity contribution >= 4 is 12.0 Å². The smallest absolute Gasteiger partial charge is 0.246 e. The number of likely N-dealkylation sites (tertiary alicyclic amines) is 1. The van der Waals surface area contributed by atoms with Crippen LogP contribution in [0.4, 0.5) is 0 Å². The molecule has 0 aromatic heterocycles. The third kappa shape index (κ3) is 3.64. The normalized spacial score (nSPS) is 24.8. The Morgan fingerprint density at radius 1 is 1.15 bits per heavy atom. The minimum absolute atomic E-state index is 0.144. The highest BCUT2D eigenvalue weighted by Crippen LogP contribution is 2.47. The molecule has 2 aromatic rings. The first-order valence-electron chi connectivity index (χ1n) is 9.88. The molecule has 0 radical (unpaired) electrons. The zero-order valence-corrected chi connectivity index (χ0v) is 15.9. The number of piperidine rings is 1. The molecular formula is C24H27NO2. The Morgan fingerprint density at radius 3 is 2.81 bits per heavy atom. The van der Waals surface area contributed by atoms with E-state index < -0.39 is 0 Å². The van der Waals surface area contributed by atoms with E-state index in [0.29, 0.717) is 6.04 Å². The number of fused-ring (bicyclic) bond motifs is 2. The molecule has 3 heteroatoms. The number of hydrogen-bond donors (Lipinski definition) is 0. The second-order valence-corrected chi connectivity index (χ2v) is 7.79. The molecule has 1 amide bonds. The average molecular weight is 361 g/mol. The number of ether oxygens (including phenoxy) is 1. The summed E-state index contributed by atoms with van der Waals surface area (Å²) in [6, 6.07) is 18.9.